The van der Waals surface area contributed by atoms with Crippen LogP contribution in [0.1, 0.15) is 46.0 Å². The van der Waals surface area contributed by atoms with Crippen molar-refractivity contribution in [3.63, 3.8) is 0 Å². The van der Waals surface area contributed by atoms with Crippen molar-refractivity contribution < 1.29 is 14.3 Å². The first-order chi connectivity index (χ1) is 8.74. The van der Waals surface area contributed by atoms with Crippen molar-refractivity contribution in [2.75, 3.05) is 20.3 Å². The third-order valence-corrected chi connectivity index (χ3v) is 3.75. The van der Waals surface area contributed by atoms with Crippen LogP contribution in [-0.4, -0.2) is 26.3 Å². The molecule has 3 heteroatoms. The molecule has 0 aromatic carbocycles. The lowest BCUT2D eigenvalue weighted by atomic mass is 9.82. The minimum atomic E-state index is -0.140. The third-order valence-electron chi connectivity index (χ3n) is 3.75. The Morgan fingerprint density at radius 3 is 2.83 bits per heavy atom. The SMILES string of the molecule is C/C=C1\CCCCC[C@@H]1C(COC)C(=O)OCC. The molecule has 18 heavy (non-hydrogen) atoms. The lowest BCUT2D eigenvalue weighted by Crippen LogP contribution is -2.30. The number of carbonyl (C=O) groups is 1. The van der Waals surface area contributed by atoms with Gasteiger partial charge in [0.2, 0.25) is 0 Å². The van der Waals surface area contributed by atoms with E-state index < -0.39 is 0 Å². The molecule has 0 aliphatic heterocycles. The summed E-state index contributed by atoms with van der Waals surface area (Å²) in [5, 5.41) is 0. The third kappa shape index (κ3) is 4.13. The molecule has 0 bridgehead atoms. The van der Waals surface area contributed by atoms with Crippen LogP contribution < -0.4 is 0 Å². The van der Waals surface area contributed by atoms with E-state index in [4.69, 9.17) is 9.47 Å². The van der Waals surface area contributed by atoms with Crippen LogP contribution in [0, 0.1) is 11.8 Å². The predicted molar refractivity (Wildman–Crippen MR) is 72.3 cm³/mol. The zero-order valence-electron chi connectivity index (χ0n) is 11.9. The Kier molecular flexibility index (Phi) is 7.02. The summed E-state index contributed by atoms with van der Waals surface area (Å²) in [6.45, 7) is 4.83. The van der Waals surface area contributed by atoms with E-state index in [1.165, 1.54) is 24.8 Å². The van der Waals surface area contributed by atoms with Crippen LogP contribution in [0.25, 0.3) is 0 Å². The lowest BCUT2D eigenvalue weighted by molar-refractivity contribution is -0.151. The highest BCUT2D eigenvalue weighted by Gasteiger charge is 2.32. The normalized spacial score (nSPS) is 24.6. The minimum Gasteiger partial charge on any atom is -0.466 e. The molecule has 0 heterocycles. The second-order valence-electron chi connectivity index (χ2n) is 4.88. The molecule has 1 aliphatic rings. The van der Waals surface area contributed by atoms with Crippen LogP contribution in [0.4, 0.5) is 0 Å². The highest BCUT2D eigenvalue weighted by molar-refractivity contribution is 5.73. The topological polar surface area (TPSA) is 35.5 Å². The molecule has 1 aliphatic carbocycles. The predicted octanol–water partition coefficient (Wildman–Crippen LogP) is 3.34. The summed E-state index contributed by atoms with van der Waals surface area (Å²) < 4.78 is 10.4. The summed E-state index contributed by atoms with van der Waals surface area (Å²) >= 11 is 0. The lowest BCUT2D eigenvalue weighted by Gasteiger charge is -2.26. The molecule has 1 fully saturated rings. The molecule has 0 N–H and O–H groups in total. The van der Waals surface area contributed by atoms with Gasteiger partial charge in [0, 0.05) is 7.11 Å². The number of carbonyl (C=O) groups excluding carboxylic acids is 1. The van der Waals surface area contributed by atoms with E-state index >= 15 is 0 Å². The number of ether oxygens (including phenoxy) is 2. The van der Waals surface area contributed by atoms with Crippen LogP contribution in [0.5, 0.6) is 0 Å². The van der Waals surface area contributed by atoms with E-state index in [1.54, 1.807) is 7.11 Å². The summed E-state index contributed by atoms with van der Waals surface area (Å²) in [4.78, 5) is 12.1. The number of hydrogen-bond donors (Lipinski definition) is 0. The second-order valence-corrected chi connectivity index (χ2v) is 4.88. The maximum Gasteiger partial charge on any atom is 0.311 e. The van der Waals surface area contributed by atoms with Crippen molar-refractivity contribution in [1.82, 2.24) is 0 Å². The maximum absolute atomic E-state index is 12.1. The van der Waals surface area contributed by atoms with E-state index in [0.717, 1.165) is 12.8 Å². The molecule has 3 nitrogen and oxygen atoms in total. The van der Waals surface area contributed by atoms with Gasteiger partial charge in [-0.05, 0) is 39.0 Å². The van der Waals surface area contributed by atoms with E-state index in [0.29, 0.717) is 19.1 Å². The van der Waals surface area contributed by atoms with Gasteiger partial charge in [-0.2, -0.15) is 0 Å². The summed E-state index contributed by atoms with van der Waals surface area (Å²) in [5.41, 5.74) is 1.41. The fourth-order valence-electron chi connectivity index (χ4n) is 2.84. The van der Waals surface area contributed by atoms with Gasteiger partial charge in [0.05, 0.1) is 19.1 Å². The molecule has 104 valence electrons. The molecule has 2 atom stereocenters. The molecular weight excluding hydrogens is 228 g/mol. The number of rotatable bonds is 5. The average Bonchev–Trinajstić information content (AvgIpc) is 2.61. The van der Waals surface area contributed by atoms with Crippen molar-refractivity contribution >= 4 is 5.97 Å². The van der Waals surface area contributed by atoms with E-state index in [-0.39, 0.29) is 11.9 Å². The van der Waals surface area contributed by atoms with Gasteiger partial charge in [0.15, 0.2) is 0 Å². The quantitative estimate of drug-likeness (QED) is 0.429. The largest absolute Gasteiger partial charge is 0.466 e. The first-order valence-electron chi connectivity index (χ1n) is 7.05. The molecule has 0 aromatic heterocycles. The Morgan fingerprint density at radius 2 is 2.22 bits per heavy atom. The average molecular weight is 254 g/mol. The number of methoxy groups -OCH3 is 1. The maximum atomic E-state index is 12.1. The summed E-state index contributed by atoms with van der Waals surface area (Å²) in [5.74, 6) is 0.0568. The zero-order chi connectivity index (χ0) is 13.4. The first kappa shape index (κ1) is 15.2. The summed E-state index contributed by atoms with van der Waals surface area (Å²) in [6, 6.07) is 0. The highest BCUT2D eigenvalue weighted by Crippen LogP contribution is 2.34. The van der Waals surface area contributed by atoms with Gasteiger partial charge < -0.3 is 9.47 Å². The van der Waals surface area contributed by atoms with Crippen LogP contribution in [0.3, 0.4) is 0 Å². The van der Waals surface area contributed by atoms with Crippen LogP contribution >= 0.6 is 0 Å². The van der Waals surface area contributed by atoms with Crippen molar-refractivity contribution in [1.29, 1.82) is 0 Å². The summed E-state index contributed by atoms with van der Waals surface area (Å²) in [7, 11) is 1.65. The fourth-order valence-corrected chi connectivity index (χ4v) is 2.84. The van der Waals surface area contributed by atoms with E-state index in [9.17, 15) is 4.79 Å². The Bertz CT molecular complexity index is 283. The number of allylic oxidation sites excluding steroid dienone is 2. The Hall–Kier alpha value is -0.830. The molecule has 1 saturated carbocycles. The smallest absolute Gasteiger partial charge is 0.311 e. The Morgan fingerprint density at radius 1 is 1.44 bits per heavy atom. The van der Waals surface area contributed by atoms with Crippen molar-refractivity contribution in [2.24, 2.45) is 11.8 Å². The zero-order valence-corrected chi connectivity index (χ0v) is 11.9. The summed E-state index contributed by atoms with van der Waals surface area (Å²) in [6.07, 6.45) is 8.06. The molecule has 0 aromatic rings. The highest BCUT2D eigenvalue weighted by atomic mass is 16.5. The van der Waals surface area contributed by atoms with Crippen molar-refractivity contribution in [2.45, 2.75) is 46.0 Å². The standard InChI is InChI=1S/C15H26O3/c1-4-12-9-7-6-8-10-13(12)14(11-17-3)15(16)18-5-2/h4,13-14H,5-11H2,1-3H3/b12-4+/t13-,14?/m0/s1. The van der Waals surface area contributed by atoms with Crippen LogP contribution in [0.15, 0.2) is 11.6 Å². The van der Waals surface area contributed by atoms with Crippen LogP contribution in [0.2, 0.25) is 0 Å². The van der Waals surface area contributed by atoms with Gasteiger partial charge in [-0.1, -0.05) is 24.5 Å². The van der Waals surface area contributed by atoms with Gasteiger partial charge in [0.25, 0.3) is 0 Å². The molecular formula is C15H26O3. The minimum absolute atomic E-state index is 0.106. The molecule has 1 rings (SSSR count). The number of esters is 1. The van der Waals surface area contributed by atoms with Gasteiger partial charge >= 0.3 is 5.97 Å². The van der Waals surface area contributed by atoms with Gasteiger partial charge in [-0.3, -0.25) is 4.79 Å². The Balaban J connectivity index is 2.83. The van der Waals surface area contributed by atoms with Crippen molar-refractivity contribution in [3.05, 3.63) is 11.6 Å². The molecule has 0 radical (unpaired) electrons. The molecule has 1 unspecified atom stereocenters. The Labute approximate surface area is 111 Å². The van der Waals surface area contributed by atoms with E-state index in [2.05, 4.69) is 13.0 Å². The van der Waals surface area contributed by atoms with Crippen molar-refractivity contribution in [3.8, 4) is 0 Å². The second kappa shape index (κ2) is 8.30. The van der Waals surface area contributed by atoms with Gasteiger partial charge in [-0.25, -0.2) is 0 Å². The van der Waals surface area contributed by atoms with Gasteiger partial charge in [0.1, 0.15) is 0 Å². The van der Waals surface area contributed by atoms with Gasteiger partial charge in [-0.15, -0.1) is 0 Å². The van der Waals surface area contributed by atoms with Crippen LogP contribution in [-0.2, 0) is 14.3 Å². The first-order valence-corrected chi connectivity index (χ1v) is 7.05. The molecule has 0 amide bonds. The molecule has 0 spiro atoms. The monoisotopic (exact) mass is 254 g/mol. The molecule has 0 saturated heterocycles. The van der Waals surface area contributed by atoms with E-state index in [1.807, 2.05) is 6.92 Å². The number of hydrogen-bond acceptors (Lipinski definition) is 3. The fraction of sp³-hybridized carbons (Fsp3) is 0.800.